The summed E-state index contributed by atoms with van der Waals surface area (Å²) in [6, 6.07) is 9.36. The van der Waals surface area contributed by atoms with Gasteiger partial charge >= 0.3 is 5.95 Å². The van der Waals surface area contributed by atoms with Gasteiger partial charge in [0.25, 0.3) is 5.56 Å². The zero-order valence-electron chi connectivity index (χ0n) is 18.5. The molecule has 174 valence electrons. The highest BCUT2D eigenvalue weighted by Crippen LogP contribution is 2.39. The number of phenols is 1. The van der Waals surface area contributed by atoms with Gasteiger partial charge in [0.2, 0.25) is 0 Å². The number of hydrogen-bond acceptors (Lipinski definition) is 4. The fourth-order valence-corrected chi connectivity index (χ4v) is 5.00. The quantitative estimate of drug-likeness (QED) is 0.199. The third-order valence-corrected chi connectivity index (χ3v) is 6.91. The van der Waals surface area contributed by atoms with Crippen LogP contribution in [-0.2, 0) is 0 Å². The van der Waals surface area contributed by atoms with E-state index in [1.165, 1.54) is 0 Å². The highest BCUT2D eigenvalue weighted by Gasteiger charge is 2.22. The molecule has 6 rings (SSSR count). The molecule has 0 aliphatic heterocycles. The molecule has 0 aliphatic carbocycles. The number of nitrogens with zero attached hydrogens (tertiary/aromatic N) is 1. The van der Waals surface area contributed by atoms with E-state index in [9.17, 15) is 9.90 Å². The summed E-state index contributed by atoms with van der Waals surface area (Å²) in [6.45, 7) is 2.04. The number of aromatic hydroxyl groups is 1. The summed E-state index contributed by atoms with van der Waals surface area (Å²) in [6.07, 6.45) is 7.03. The number of nitrogens with one attached hydrogen (secondary N) is 5. The van der Waals surface area contributed by atoms with Crippen molar-refractivity contribution in [3.05, 3.63) is 81.2 Å². The average Bonchev–Trinajstić information content (AvgIpc) is 3.57. The summed E-state index contributed by atoms with van der Waals surface area (Å²) in [7, 11) is 0. The van der Waals surface area contributed by atoms with Crippen LogP contribution in [0.2, 0.25) is 0 Å². The maximum atomic E-state index is 13.2. The van der Waals surface area contributed by atoms with Crippen LogP contribution in [0.25, 0.3) is 44.3 Å². The predicted octanol–water partition coefficient (Wildman–Crippen LogP) is 4.41. The molecule has 0 radical (unpaired) electrons. The monoisotopic (exact) mass is 530 g/mol. The van der Waals surface area contributed by atoms with Crippen molar-refractivity contribution >= 4 is 43.7 Å². The van der Waals surface area contributed by atoms with Gasteiger partial charge in [0.1, 0.15) is 17.1 Å². The number of aromatic nitrogens is 6. The molecule has 8 N–H and O–H groups in total. The molecular formula is C25H21BrN7O2+. The number of halogens is 1. The van der Waals surface area contributed by atoms with Crippen LogP contribution in [0.3, 0.4) is 0 Å². The number of fused-ring (bicyclic) bond motifs is 2. The van der Waals surface area contributed by atoms with Crippen LogP contribution in [-0.4, -0.2) is 30.0 Å². The van der Waals surface area contributed by atoms with Gasteiger partial charge in [0.05, 0.1) is 23.6 Å². The molecule has 35 heavy (non-hydrogen) atoms. The van der Waals surface area contributed by atoms with Crippen molar-refractivity contribution in [3.63, 3.8) is 0 Å². The van der Waals surface area contributed by atoms with Crippen LogP contribution in [0.1, 0.15) is 24.1 Å². The standard InChI is InChI=1S/C25H20BrN7O2/c1-11(18-9-31-25(27)33-18)13-4-5-20(34)23-21(13)16(8-29-23)19-10-30-22(24(35)32-19)15-7-28-17-6-12(26)2-3-14(15)17/h2-11,28-29,34H,1H3,(H,32,35)(H3,27,31,33)/p+1/t11-/m1/s1. The molecule has 2 aromatic carbocycles. The molecule has 0 saturated carbocycles. The first-order valence-corrected chi connectivity index (χ1v) is 11.8. The van der Waals surface area contributed by atoms with Crippen molar-refractivity contribution in [2.24, 2.45) is 0 Å². The second-order valence-corrected chi connectivity index (χ2v) is 9.41. The van der Waals surface area contributed by atoms with Crippen LogP contribution in [0.15, 0.2) is 64.4 Å². The van der Waals surface area contributed by atoms with E-state index < -0.39 is 0 Å². The average molecular weight is 531 g/mol. The van der Waals surface area contributed by atoms with E-state index in [1.807, 2.05) is 37.4 Å². The number of anilines is 1. The molecule has 0 saturated heterocycles. The molecule has 0 unspecified atom stereocenters. The van der Waals surface area contributed by atoms with Gasteiger partial charge in [-0.05, 0) is 23.8 Å². The summed E-state index contributed by atoms with van der Waals surface area (Å²) in [5, 5.41) is 12.2. The summed E-state index contributed by atoms with van der Waals surface area (Å²) < 4.78 is 0.947. The number of benzene rings is 2. The first-order chi connectivity index (χ1) is 16.9. The molecular weight excluding hydrogens is 510 g/mol. The summed E-state index contributed by atoms with van der Waals surface area (Å²) in [5.41, 5.74) is 11.2. The number of phenolic OH excluding ortho intramolecular Hbond substituents is 1. The van der Waals surface area contributed by atoms with Gasteiger partial charge in [-0.1, -0.05) is 35.0 Å². The van der Waals surface area contributed by atoms with Crippen molar-refractivity contribution in [3.8, 4) is 28.3 Å². The van der Waals surface area contributed by atoms with Gasteiger partial charge in [-0.25, -0.2) is 15.0 Å². The normalized spacial score (nSPS) is 12.5. The van der Waals surface area contributed by atoms with E-state index in [0.717, 1.165) is 43.1 Å². The molecule has 6 aromatic rings. The van der Waals surface area contributed by atoms with Crippen LogP contribution in [0.4, 0.5) is 5.95 Å². The third kappa shape index (κ3) is 3.41. The molecule has 0 bridgehead atoms. The number of imidazole rings is 1. The lowest BCUT2D eigenvalue weighted by Gasteiger charge is -2.12. The van der Waals surface area contributed by atoms with Crippen LogP contribution in [0, 0.1) is 0 Å². The molecule has 0 fully saturated rings. The van der Waals surface area contributed by atoms with E-state index in [0.29, 0.717) is 22.9 Å². The van der Waals surface area contributed by atoms with Crippen molar-refractivity contribution in [1.29, 1.82) is 0 Å². The van der Waals surface area contributed by atoms with Crippen molar-refractivity contribution in [1.82, 2.24) is 24.9 Å². The molecule has 4 aromatic heterocycles. The number of rotatable bonds is 4. The molecule has 10 heteroatoms. The number of hydrogen-bond donors (Lipinski definition) is 6. The third-order valence-electron chi connectivity index (χ3n) is 6.42. The van der Waals surface area contributed by atoms with Crippen LogP contribution >= 0.6 is 15.9 Å². The Kier molecular flexibility index (Phi) is 4.78. The van der Waals surface area contributed by atoms with Gasteiger partial charge in [0, 0.05) is 50.2 Å². The molecule has 0 spiro atoms. The molecule has 4 heterocycles. The number of nitrogen functional groups attached to an aromatic ring is 1. The summed E-state index contributed by atoms with van der Waals surface area (Å²) in [5.74, 6) is 0.521. The second-order valence-electron chi connectivity index (χ2n) is 8.50. The largest absolute Gasteiger partial charge is 0.506 e. The zero-order valence-corrected chi connectivity index (χ0v) is 20.1. The zero-order chi connectivity index (χ0) is 24.3. The highest BCUT2D eigenvalue weighted by atomic mass is 79.9. The Labute approximate surface area is 206 Å². The highest BCUT2D eigenvalue weighted by molar-refractivity contribution is 9.10. The van der Waals surface area contributed by atoms with E-state index in [2.05, 4.69) is 45.8 Å². The van der Waals surface area contributed by atoms with Crippen LogP contribution in [0.5, 0.6) is 5.75 Å². The minimum atomic E-state index is -0.304. The number of nitrogens with two attached hydrogens (primary N) is 1. The lowest BCUT2D eigenvalue weighted by molar-refractivity contribution is -0.358. The van der Waals surface area contributed by atoms with Crippen LogP contribution < -0.4 is 16.3 Å². The fourth-order valence-electron chi connectivity index (χ4n) is 4.64. The van der Waals surface area contributed by atoms with Gasteiger partial charge in [0.15, 0.2) is 0 Å². The minimum Gasteiger partial charge on any atom is -0.506 e. The van der Waals surface area contributed by atoms with Crippen molar-refractivity contribution in [2.75, 3.05) is 5.73 Å². The fraction of sp³-hybridized carbons (Fsp3) is 0.0800. The Morgan fingerprint density at radius 1 is 1.11 bits per heavy atom. The van der Waals surface area contributed by atoms with E-state index >= 15 is 0 Å². The number of H-pyrrole nitrogens is 5. The Bertz CT molecular complexity index is 1790. The first-order valence-electron chi connectivity index (χ1n) is 11.0. The Balaban J connectivity index is 1.49. The maximum Gasteiger partial charge on any atom is 0.350 e. The summed E-state index contributed by atoms with van der Waals surface area (Å²) in [4.78, 5) is 33.1. The number of aromatic amines is 5. The molecule has 1 atom stereocenters. The van der Waals surface area contributed by atoms with Crippen molar-refractivity contribution < 1.29 is 10.1 Å². The van der Waals surface area contributed by atoms with E-state index in [-0.39, 0.29) is 17.2 Å². The van der Waals surface area contributed by atoms with Crippen molar-refractivity contribution in [2.45, 2.75) is 12.8 Å². The van der Waals surface area contributed by atoms with Gasteiger partial charge < -0.3 is 20.1 Å². The maximum absolute atomic E-state index is 13.2. The summed E-state index contributed by atoms with van der Waals surface area (Å²) >= 11 is 3.47. The topological polar surface area (TPSA) is 154 Å². The van der Waals surface area contributed by atoms with E-state index in [1.54, 1.807) is 24.7 Å². The van der Waals surface area contributed by atoms with E-state index in [4.69, 9.17) is 5.73 Å². The lowest BCUT2D eigenvalue weighted by atomic mass is 9.92. The molecule has 9 nitrogen and oxygen atoms in total. The SMILES string of the molecule is C[C@@H](c1c[nH+]c(N)[nH]1)c1ccc(O)c2[nH]cc(-c3cnc(-c4c[nH]c5cc(Br)ccc45)c(=O)[nH]3)c12. The molecule has 0 aliphatic rings. The van der Waals surface area contributed by atoms with Gasteiger partial charge in [-0.2, -0.15) is 0 Å². The Hall–Kier alpha value is -4.31. The lowest BCUT2D eigenvalue weighted by Crippen LogP contribution is -2.11. The second kappa shape index (κ2) is 7.88. The van der Waals surface area contributed by atoms with Gasteiger partial charge in [-0.15, -0.1) is 0 Å². The minimum absolute atomic E-state index is 0.0642. The Morgan fingerprint density at radius 2 is 1.94 bits per heavy atom. The first kappa shape index (κ1) is 21.2. The Morgan fingerprint density at radius 3 is 2.71 bits per heavy atom. The smallest absolute Gasteiger partial charge is 0.350 e. The predicted molar refractivity (Wildman–Crippen MR) is 138 cm³/mol. The van der Waals surface area contributed by atoms with Gasteiger partial charge in [-0.3, -0.25) is 10.5 Å². The molecule has 0 amide bonds.